The monoisotopic (exact) mass is 716 g/mol. The third kappa shape index (κ3) is 11.6. The second-order valence-corrected chi connectivity index (χ2v) is 14.0. The van der Waals surface area contributed by atoms with Gasteiger partial charge in [-0.25, -0.2) is 19.2 Å². The van der Waals surface area contributed by atoms with E-state index < -0.39 is 24.5 Å². The molecule has 3 fully saturated rings. The van der Waals surface area contributed by atoms with E-state index in [1.165, 1.54) is 23.3 Å². The fourth-order valence-electron chi connectivity index (χ4n) is 7.57. The summed E-state index contributed by atoms with van der Waals surface area (Å²) in [6.45, 7) is 8.10. The van der Waals surface area contributed by atoms with Crippen molar-refractivity contribution in [2.75, 3.05) is 26.4 Å². The Morgan fingerprint density at radius 1 is 0.577 bits per heavy atom. The number of carbonyl (C=O) groups is 4. The minimum Gasteiger partial charge on any atom is -0.463 e. The average Bonchev–Trinajstić information content (AvgIpc) is 3.19. The van der Waals surface area contributed by atoms with E-state index in [1.54, 1.807) is 24.3 Å². The van der Waals surface area contributed by atoms with Crippen LogP contribution in [-0.4, -0.2) is 62.9 Å². The minimum atomic E-state index is -1.19. The molecule has 10 heteroatoms. The van der Waals surface area contributed by atoms with Crippen molar-refractivity contribution >= 4 is 23.9 Å². The van der Waals surface area contributed by atoms with Gasteiger partial charge in [0.2, 0.25) is 0 Å². The highest BCUT2D eigenvalue weighted by molar-refractivity contribution is 5.90. The van der Waals surface area contributed by atoms with Gasteiger partial charge in [-0.3, -0.25) is 0 Å². The molecule has 1 aliphatic heterocycles. The molecule has 2 aliphatic carbocycles. The summed E-state index contributed by atoms with van der Waals surface area (Å²) in [5, 5.41) is 0. The summed E-state index contributed by atoms with van der Waals surface area (Å²) < 4.78 is 32.7. The van der Waals surface area contributed by atoms with Crippen LogP contribution in [0.3, 0.4) is 0 Å². The van der Waals surface area contributed by atoms with Gasteiger partial charge in [0.25, 0.3) is 12.6 Å². The van der Waals surface area contributed by atoms with Crippen molar-refractivity contribution in [3.63, 3.8) is 0 Å². The Labute approximate surface area is 306 Å². The zero-order valence-corrected chi connectivity index (χ0v) is 30.0. The molecule has 0 spiro atoms. The summed E-state index contributed by atoms with van der Waals surface area (Å²) in [7, 11) is 0. The van der Waals surface area contributed by atoms with Crippen molar-refractivity contribution in [2.24, 2.45) is 11.8 Å². The third-order valence-electron chi connectivity index (χ3n) is 10.6. The molecule has 0 aromatic heterocycles. The Morgan fingerprint density at radius 3 is 1.29 bits per heavy atom. The standard InChI is InChI=1S/C42H52O10/c1-3-37(43)47-25-5-7-29-9-13-31(14-10-29)33-17-21-35(22-18-33)39(45)51-41-42(50-28-27-49-41)52-40(46)36-23-19-34(20-24-36)32-15-11-30(12-16-32)8-6-26-48-38(44)4-2/h3-4,17-24,29-32,41-42H,1-2,5-16,25-28H2/t29-,30?,31-,32?,41-,42-/m1/s1. The molecule has 0 N–H and O–H groups in total. The van der Waals surface area contributed by atoms with E-state index in [2.05, 4.69) is 13.2 Å². The molecule has 1 heterocycles. The molecular formula is C42H52O10. The lowest BCUT2D eigenvalue weighted by Crippen LogP contribution is -2.44. The first kappa shape index (κ1) is 38.9. The lowest BCUT2D eigenvalue weighted by atomic mass is 9.77. The zero-order chi connectivity index (χ0) is 36.7. The molecule has 2 saturated carbocycles. The molecule has 1 saturated heterocycles. The van der Waals surface area contributed by atoms with Crippen LogP contribution in [0.2, 0.25) is 0 Å². The van der Waals surface area contributed by atoms with Gasteiger partial charge in [0.1, 0.15) is 0 Å². The highest BCUT2D eigenvalue weighted by Gasteiger charge is 2.35. The molecule has 0 unspecified atom stereocenters. The van der Waals surface area contributed by atoms with E-state index in [9.17, 15) is 19.2 Å². The van der Waals surface area contributed by atoms with Gasteiger partial charge in [-0.05, 0) is 136 Å². The van der Waals surface area contributed by atoms with Gasteiger partial charge >= 0.3 is 23.9 Å². The molecule has 52 heavy (non-hydrogen) atoms. The van der Waals surface area contributed by atoms with Crippen LogP contribution in [-0.2, 0) is 38.0 Å². The van der Waals surface area contributed by atoms with Crippen molar-refractivity contribution in [3.8, 4) is 0 Å². The van der Waals surface area contributed by atoms with E-state index in [1.807, 2.05) is 24.3 Å². The smallest absolute Gasteiger partial charge is 0.340 e. The van der Waals surface area contributed by atoms with E-state index in [4.69, 9.17) is 28.4 Å². The summed E-state index contributed by atoms with van der Waals surface area (Å²) in [4.78, 5) is 48.6. The summed E-state index contributed by atoms with van der Waals surface area (Å²) in [5.74, 6) is 0.204. The Morgan fingerprint density at radius 2 is 0.942 bits per heavy atom. The number of hydrogen-bond acceptors (Lipinski definition) is 10. The summed E-state index contributed by atoms with van der Waals surface area (Å²) in [6.07, 6.45) is 12.6. The Bertz CT molecular complexity index is 1370. The van der Waals surface area contributed by atoms with Crippen LogP contribution in [0.25, 0.3) is 0 Å². The highest BCUT2D eigenvalue weighted by atomic mass is 16.8. The summed E-state index contributed by atoms with van der Waals surface area (Å²) >= 11 is 0. The second-order valence-electron chi connectivity index (χ2n) is 14.0. The molecule has 2 aromatic carbocycles. The molecule has 10 nitrogen and oxygen atoms in total. The molecule has 2 aromatic rings. The van der Waals surface area contributed by atoms with Gasteiger partial charge in [-0.2, -0.15) is 0 Å². The summed E-state index contributed by atoms with van der Waals surface area (Å²) in [5.41, 5.74) is 3.14. The van der Waals surface area contributed by atoms with Crippen LogP contribution in [0.1, 0.15) is 121 Å². The molecule has 0 bridgehead atoms. The molecule has 0 amide bonds. The van der Waals surface area contributed by atoms with Crippen molar-refractivity contribution in [3.05, 3.63) is 96.1 Å². The van der Waals surface area contributed by atoms with Gasteiger partial charge in [-0.1, -0.05) is 37.4 Å². The molecule has 5 rings (SSSR count). The lowest BCUT2D eigenvalue weighted by molar-refractivity contribution is -0.288. The fourth-order valence-corrected chi connectivity index (χ4v) is 7.57. The maximum absolute atomic E-state index is 13.1. The van der Waals surface area contributed by atoms with Crippen LogP contribution in [0, 0.1) is 11.8 Å². The fraction of sp³-hybridized carbons (Fsp3) is 0.524. The number of benzene rings is 2. The Hall–Kier alpha value is -4.28. The third-order valence-corrected chi connectivity index (χ3v) is 10.6. The number of rotatable bonds is 16. The topological polar surface area (TPSA) is 124 Å². The van der Waals surface area contributed by atoms with Gasteiger partial charge < -0.3 is 28.4 Å². The van der Waals surface area contributed by atoms with Gasteiger partial charge in [0, 0.05) is 12.2 Å². The van der Waals surface area contributed by atoms with Gasteiger partial charge in [0.15, 0.2) is 0 Å². The maximum Gasteiger partial charge on any atom is 0.340 e. The maximum atomic E-state index is 13.1. The number of hydrogen-bond donors (Lipinski definition) is 0. The molecular weight excluding hydrogens is 664 g/mol. The first-order valence-corrected chi connectivity index (χ1v) is 18.8. The first-order valence-electron chi connectivity index (χ1n) is 18.8. The van der Waals surface area contributed by atoms with Crippen molar-refractivity contribution in [1.29, 1.82) is 0 Å². The molecule has 3 aliphatic rings. The van der Waals surface area contributed by atoms with Crippen LogP contribution in [0.15, 0.2) is 73.8 Å². The molecule has 2 atom stereocenters. The van der Waals surface area contributed by atoms with E-state index in [0.29, 0.717) is 48.0 Å². The van der Waals surface area contributed by atoms with Crippen LogP contribution < -0.4 is 0 Å². The Balaban J connectivity index is 1.04. The predicted molar refractivity (Wildman–Crippen MR) is 193 cm³/mol. The van der Waals surface area contributed by atoms with Gasteiger partial charge in [0.05, 0.1) is 37.6 Å². The zero-order valence-electron chi connectivity index (χ0n) is 30.0. The number of esters is 4. The van der Waals surface area contributed by atoms with Crippen molar-refractivity contribution < 1.29 is 47.6 Å². The second kappa shape index (κ2) is 20.1. The van der Waals surface area contributed by atoms with E-state index >= 15 is 0 Å². The molecule has 0 radical (unpaired) electrons. The van der Waals surface area contributed by atoms with Crippen molar-refractivity contribution in [1.82, 2.24) is 0 Å². The molecule has 280 valence electrons. The highest BCUT2D eigenvalue weighted by Crippen LogP contribution is 2.39. The van der Waals surface area contributed by atoms with E-state index in [-0.39, 0.29) is 25.2 Å². The first-order chi connectivity index (χ1) is 25.3. The largest absolute Gasteiger partial charge is 0.463 e. The normalized spacial score (nSPS) is 24.5. The van der Waals surface area contributed by atoms with Crippen LogP contribution in [0.4, 0.5) is 0 Å². The van der Waals surface area contributed by atoms with E-state index in [0.717, 1.165) is 77.0 Å². The lowest BCUT2D eigenvalue weighted by Gasteiger charge is -2.30. The van der Waals surface area contributed by atoms with Crippen LogP contribution >= 0.6 is 0 Å². The van der Waals surface area contributed by atoms with Gasteiger partial charge in [-0.15, -0.1) is 0 Å². The minimum absolute atomic E-state index is 0.202. The quantitative estimate of drug-likeness (QED) is 0.0732. The van der Waals surface area contributed by atoms with Crippen LogP contribution in [0.5, 0.6) is 0 Å². The average molecular weight is 717 g/mol. The predicted octanol–water partition coefficient (Wildman–Crippen LogP) is 7.97. The SMILES string of the molecule is C=CC(=O)OCCCC1CCC(c2ccc(C(=O)O[C@H]3OCCO[C@@H]3OC(=O)c3ccc([C@H]4CC[C@H](CCCOC(=O)C=C)CC4)cc3)cc2)CC1. The number of carbonyl (C=O) groups excluding carboxylic acids is 4. The summed E-state index contributed by atoms with van der Waals surface area (Å²) in [6, 6.07) is 15.0. The van der Waals surface area contributed by atoms with Crippen molar-refractivity contribution in [2.45, 2.75) is 101 Å². The Kier molecular flexibility index (Phi) is 15.0. The number of ether oxygens (including phenoxy) is 6.